The first-order chi connectivity index (χ1) is 30.0. The molecule has 358 valence electrons. The van der Waals surface area contributed by atoms with Crippen LogP contribution in [-0.4, -0.2) is 46.9 Å². The molecule has 0 aromatic heterocycles. The van der Waals surface area contributed by atoms with Crippen molar-refractivity contribution in [3.63, 3.8) is 0 Å². The number of unbranched alkanes of at least 4 members (excludes halogenated alkanes) is 31. The van der Waals surface area contributed by atoms with E-state index in [2.05, 4.69) is 62.5 Å². The number of carbonyl (C=O) groups is 2. The highest BCUT2D eigenvalue weighted by atomic mass is 16.5. The fourth-order valence-electron chi connectivity index (χ4n) is 8.13. The average molecular weight is 858 g/mol. The molecule has 3 unspecified atom stereocenters. The van der Waals surface area contributed by atoms with Gasteiger partial charge in [-0.25, -0.2) is 0 Å². The van der Waals surface area contributed by atoms with Gasteiger partial charge in [-0.1, -0.05) is 231 Å². The van der Waals surface area contributed by atoms with Crippen LogP contribution < -0.4 is 5.32 Å². The molecule has 1 amide bonds. The number of esters is 1. The van der Waals surface area contributed by atoms with Crippen LogP contribution in [0.2, 0.25) is 0 Å². The van der Waals surface area contributed by atoms with Crippen LogP contribution in [0.25, 0.3) is 0 Å². The van der Waals surface area contributed by atoms with Gasteiger partial charge in [-0.15, -0.1) is 0 Å². The van der Waals surface area contributed by atoms with E-state index >= 15 is 0 Å². The van der Waals surface area contributed by atoms with E-state index < -0.39 is 18.2 Å². The van der Waals surface area contributed by atoms with Crippen molar-refractivity contribution in [2.45, 2.75) is 296 Å². The molecule has 0 radical (unpaired) electrons. The number of carbonyl (C=O) groups excluding carboxylic acids is 2. The lowest BCUT2D eigenvalue weighted by Crippen LogP contribution is -2.46. The molecule has 0 aromatic rings. The summed E-state index contributed by atoms with van der Waals surface area (Å²) in [5, 5.41) is 23.8. The van der Waals surface area contributed by atoms with Crippen molar-refractivity contribution in [1.29, 1.82) is 0 Å². The number of rotatable bonds is 48. The van der Waals surface area contributed by atoms with E-state index in [1.165, 1.54) is 148 Å². The third kappa shape index (κ3) is 44.5. The Morgan fingerprint density at radius 3 is 1.34 bits per heavy atom. The predicted molar refractivity (Wildman–Crippen MR) is 264 cm³/mol. The Kier molecular flexibility index (Phi) is 47.6. The van der Waals surface area contributed by atoms with Gasteiger partial charge in [-0.3, -0.25) is 9.59 Å². The van der Waals surface area contributed by atoms with Crippen molar-refractivity contribution in [2.24, 2.45) is 0 Å². The third-order valence-corrected chi connectivity index (χ3v) is 12.2. The second-order valence-corrected chi connectivity index (χ2v) is 18.3. The van der Waals surface area contributed by atoms with Gasteiger partial charge in [0, 0.05) is 6.42 Å². The van der Waals surface area contributed by atoms with E-state index in [9.17, 15) is 19.8 Å². The first-order valence-electron chi connectivity index (χ1n) is 26.7. The van der Waals surface area contributed by atoms with Crippen LogP contribution in [0.15, 0.2) is 36.5 Å². The Labute approximate surface area is 379 Å². The molecule has 0 saturated heterocycles. The Balaban J connectivity index is 4.55. The van der Waals surface area contributed by atoms with Gasteiger partial charge in [0.1, 0.15) is 6.10 Å². The molecule has 0 aromatic carbocycles. The Bertz CT molecular complexity index is 1010. The molecule has 0 heterocycles. The van der Waals surface area contributed by atoms with Gasteiger partial charge in [0.15, 0.2) is 0 Å². The van der Waals surface area contributed by atoms with Crippen LogP contribution in [0.1, 0.15) is 278 Å². The summed E-state index contributed by atoms with van der Waals surface area (Å²) in [4.78, 5) is 26.1. The zero-order chi connectivity index (χ0) is 44.5. The number of nitrogens with one attached hydrogen (secondary N) is 1. The van der Waals surface area contributed by atoms with Crippen molar-refractivity contribution >= 4 is 11.9 Å². The summed E-state index contributed by atoms with van der Waals surface area (Å²) in [6.07, 6.45) is 57.8. The Morgan fingerprint density at radius 2 is 0.869 bits per heavy atom. The number of hydrogen-bond acceptors (Lipinski definition) is 5. The highest BCUT2D eigenvalue weighted by Gasteiger charge is 2.24. The maximum Gasteiger partial charge on any atom is 0.306 e. The third-order valence-electron chi connectivity index (χ3n) is 12.2. The summed E-state index contributed by atoms with van der Waals surface area (Å²) in [7, 11) is 0. The molecule has 0 spiro atoms. The summed E-state index contributed by atoms with van der Waals surface area (Å²) in [6, 6.07) is -0.710. The first kappa shape index (κ1) is 59.1. The number of aliphatic hydroxyl groups excluding tert-OH is 2. The normalized spacial score (nSPS) is 13.5. The summed E-state index contributed by atoms with van der Waals surface area (Å²) in [5.74, 6) is -0.504. The molecular weight excluding hydrogens is 755 g/mol. The van der Waals surface area contributed by atoms with Gasteiger partial charge in [-0.05, 0) is 70.6 Å². The molecule has 0 aliphatic rings. The van der Waals surface area contributed by atoms with Crippen molar-refractivity contribution in [3.05, 3.63) is 36.5 Å². The van der Waals surface area contributed by atoms with E-state index in [1.807, 2.05) is 0 Å². The standard InChI is InChI=1S/C55H103NO5/c1-4-7-10-13-16-19-22-24-26-28-30-32-34-37-40-43-46-51(61-55(60)48-45-42-39-36-21-18-15-12-9-6-3)49-54(59)56-52(50-57)53(58)47-44-41-38-35-33-31-29-27-25-23-20-17-14-11-8-5-2/h12,15,26,28,30,32,51-53,57-58H,4-11,13-14,16-25,27,29,31,33-50H2,1-3H3,(H,56,59)/b15-12-,28-26+,32-30+. The molecule has 0 fully saturated rings. The predicted octanol–water partition coefficient (Wildman–Crippen LogP) is 16.1. The summed E-state index contributed by atoms with van der Waals surface area (Å²) < 4.78 is 5.91. The van der Waals surface area contributed by atoms with Crippen molar-refractivity contribution < 1.29 is 24.5 Å². The van der Waals surface area contributed by atoms with Gasteiger partial charge in [-0.2, -0.15) is 0 Å². The molecule has 6 nitrogen and oxygen atoms in total. The van der Waals surface area contributed by atoms with Crippen LogP contribution in [0, 0.1) is 0 Å². The quantitative estimate of drug-likeness (QED) is 0.0245. The highest BCUT2D eigenvalue weighted by Crippen LogP contribution is 2.18. The minimum absolute atomic E-state index is 0.0585. The molecule has 6 heteroatoms. The molecule has 0 bridgehead atoms. The van der Waals surface area contributed by atoms with Crippen LogP contribution in [0.3, 0.4) is 0 Å². The summed E-state index contributed by atoms with van der Waals surface area (Å²) >= 11 is 0. The number of ether oxygens (including phenoxy) is 1. The zero-order valence-electron chi connectivity index (χ0n) is 40.8. The van der Waals surface area contributed by atoms with E-state index in [1.54, 1.807) is 0 Å². The second kappa shape index (κ2) is 49.1. The molecule has 0 aliphatic carbocycles. The number of amides is 1. The topological polar surface area (TPSA) is 95.9 Å². The minimum Gasteiger partial charge on any atom is -0.462 e. The number of allylic oxidation sites excluding steroid dienone is 6. The molecule has 61 heavy (non-hydrogen) atoms. The van der Waals surface area contributed by atoms with Gasteiger partial charge < -0.3 is 20.3 Å². The van der Waals surface area contributed by atoms with Crippen molar-refractivity contribution in [1.82, 2.24) is 5.32 Å². The molecule has 3 atom stereocenters. The lowest BCUT2D eigenvalue weighted by atomic mass is 10.0. The number of hydrogen-bond donors (Lipinski definition) is 3. The van der Waals surface area contributed by atoms with Crippen molar-refractivity contribution in [3.8, 4) is 0 Å². The van der Waals surface area contributed by atoms with E-state index in [0.29, 0.717) is 19.3 Å². The van der Waals surface area contributed by atoms with E-state index in [4.69, 9.17) is 4.74 Å². The minimum atomic E-state index is -0.794. The Morgan fingerprint density at radius 1 is 0.475 bits per heavy atom. The monoisotopic (exact) mass is 858 g/mol. The molecule has 3 N–H and O–H groups in total. The fraction of sp³-hybridized carbons (Fsp3) is 0.855. The first-order valence-corrected chi connectivity index (χ1v) is 26.7. The van der Waals surface area contributed by atoms with E-state index in [0.717, 1.165) is 83.5 Å². The lowest BCUT2D eigenvalue weighted by molar-refractivity contribution is -0.151. The van der Waals surface area contributed by atoms with Crippen LogP contribution in [0.5, 0.6) is 0 Å². The zero-order valence-corrected chi connectivity index (χ0v) is 40.8. The largest absolute Gasteiger partial charge is 0.462 e. The maximum atomic E-state index is 13.2. The highest BCUT2D eigenvalue weighted by molar-refractivity contribution is 5.77. The molecule has 0 aliphatic heterocycles. The van der Waals surface area contributed by atoms with Crippen molar-refractivity contribution in [2.75, 3.05) is 6.61 Å². The lowest BCUT2D eigenvalue weighted by Gasteiger charge is -2.24. The number of aliphatic hydroxyl groups is 2. The second-order valence-electron chi connectivity index (χ2n) is 18.3. The maximum absolute atomic E-state index is 13.2. The van der Waals surface area contributed by atoms with Gasteiger partial charge in [0.25, 0.3) is 0 Å². The smallest absolute Gasteiger partial charge is 0.306 e. The SMILES string of the molecule is CCC/C=C\CCCCCCCC(=O)OC(CCCCC/C=C/C=C/CCCCCCCCC)CC(=O)NC(CO)C(O)CCCCCCCCCCCCCCCCCC. The fourth-order valence-corrected chi connectivity index (χ4v) is 8.13. The van der Waals surface area contributed by atoms with Crippen LogP contribution >= 0.6 is 0 Å². The summed E-state index contributed by atoms with van der Waals surface area (Å²) in [5.41, 5.74) is 0. The molecule has 0 saturated carbocycles. The average Bonchev–Trinajstić information content (AvgIpc) is 3.25. The van der Waals surface area contributed by atoms with Crippen LogP contribution in [-0.2, 0) is 14.3 Å². The molecular formula is C55H103NO5. The van der Waals surface area contributed by atoms with Gasteiger partial charge in [0.2, 0.25) is 5.91 Å². The van der Waals surface area contributed by atoms with Crippen LogP contribution in [0.4, 0.5) is 0 Å². The van der Waals surface area contributed by atoms with E-state index in [-0.39, 0.29) is 24.9 Å². The van der Waals surface area contributed by atoms with Gasteiger partial charge in [0.05, 0.1) is 25.2 Å². The van der Waals surface area contributed by atoms with Gasteiger partial charge >= 0.3 is 5.97 Å². The summed E-state index contributed by atoms with van der Waals surface area (Å²) in [6.45, 7) is 6.43. The molecule has 0 rings (SSSR count). The Hall–Kier alpha value is -1.92.